The number of carbonyl (C=O) groups is 8. The number of H-pyrrole nitrogens is 2. The number of aromatic amines is 2. The number of nitrogen functional groups attached to an aromatic ring is 3. The van der Waals surface area contributed by atoms with E-state index in [0.29, 0.717) is 6.29 Å². The van der Waals surface area contributed by atoms with Gasteiger partial charge in [0, 0.05) is 70.3 Å². The second-order valence-electron chi connectivity index (χ2n) is 17.1. The lowest BCUT2D eigenvalue weighted by molar-refractivity contribution is -0.138. The molecule has 0 unspecified atom stereocenters. The number of imidazole rings is 2. The van der Waals surface area contributed by atoms with Crippen LogP contribution in [-0.4, -0.2) is 204 Å². The van der Waals surface area contributed by atoms with Gasteiger partial charge in [0.1, 0.15) is 50.1 Å². The summed E-state index contributed by atoms with van der Waals surface area (Å²) in [5.41, 5.74) is 20.5. The Morgan fingerprint density at radius 1 is 0.615 bits per heavy atom. The lowest BCUT2D eigenvalue weighted by Gasteiger charge is -2.25. The second-order valence-corrected chi connectivity index (χ2v) is 17.1. The van der Waals surface area contributed by atoms with E-state index >= 15 is 0 Å². The number of carbonyl (C=O) groups excluding carboxylic acids is 8. The molecule has 6 aromatic heterocycles. The fourth-order valence-electron chi connectivity index (χ4n) is 7.50. The quantitative estimate of drug-likeness (QED) is 0.0216. The van der Waals surface area contributed by atoms with E-state index in [4.69, 9.17) is 22.9 Å². The fourth-order valence-corrected chi connectivity index (χ4v) is 7.50. The lowest BCUT2D eigenvalue weighted by atomic mass is 10.3. The van der Waals surface area contributed by atoms with Crippen molar-refractivity contribution in [3.8, 4) is 0 Å². The van der Waals surface area contributed by atoms with Crippen molar-refractivity contribution in [1.29, 1.82) is 0 Å². The van der Waals surface area contributed by atoms with Crippen LogP contribution in [0.2, 0.25) is 0 Å². The van der Waals surface area contributed by atoms with E-state index in [1.165, 1.54) is 53.5 Å². The summed E-state index contributed by atoms with van der Waals surface area (Å²) in [5.74, 6) is -5.14. The predicted molar refractivity (Wildman–Crippen MR) is 272 cm³/mol. The van der Waals surface area contributed by atoms with Crippen molar-refractivity contribution in [3.63, 3.8) is 0 Å². The summed E-state index contributed by atoms with van der Waals surface area (Å²) in [7, 11) is 0. The molecule has 0 aliphatic carbocycles. The number of anilines is 3. The van der Waals surface area contributed by atoms with Crippen LogP contribution in [0.4, 0.5) is 17.6 Å². The third-order valence-corrected chi connectivity index (χ3v) is 11.4. The number of amides is 7. The number of fused-ring (bicyclic) bond motifs is 2. The number of hydrogen-bond donors (Lipinski definition) is 9. The predicted octanol–water partition coefficient (Wildman–Crippen LogP) is -8.36. The van der Waals surface area contributed by atoms with Crippen molar-refractivity contribution in [3.05, 3.63) is 84.7 Å². The summed E-state index contributed by atoms with van der Waals surface area (Å²) >= 11 is 0. The molecule has 0 aliphatic rings. The van der Waals surface area contributed by atoms with Crippen LogP contribution in [0.25, 0.3) is 22.3 Å². The van der Waals surface area contributed by atoms with Gasteiger partial charge in [-0.3, -0.25) is 62.3 Å². The molecule has 0 aliphatic heterocycles. The molecule has 0 fully saturated rings. The number of aryl methyl sites for hydroxylation is 1. The highest BCUT2D eigenvalue weighted by molar-refractivity contribution is 5.88. The minimum absolute atomic E-state index is 0.0236. The average Bonchev–Trinajstić information content (AvgIpc) is 4.07. The Hall–Kier alpha value is -10.2. The second kappa shape index (κ2) is 26.3. The van der Waals surface area contributed by atoms with Crippen LogP contribution in [0.3, 0.4) is 0 Å². The highest BCUT2D eigenvalue weighted by Gasteiger charge is 2.24. The fraction of sp³-hybridized carbons (Fsp3) is 0.395. The Morgan fingerprint density at radius 2 is 1.13 bits per heavy atom. The van der Waals surface area contributed by atoms with Gasteiger partial charge in [-0.05, 0) is 13.0 Å². The zero-order chi connectivity index (χ0) is 56.6. The maximum Gasteiger partial charge on any atom is 0.349 e. The highest BCUT2D eigenvalue weighted by Crippen LogP contribution is 2.14. The zero-order valence-corrected chi connectivity index (χ0v) is 41.8. The molecule has 6 aromatic rings. The maximum atomic E-state index is 13.9. The molecule has 414 valence electrons. The molecule has 0 bridgehead atoms. The minimum Gasteiger partial charge on any atom is -0.383 e. The van der Waals surface area contributed by atoms with Crippen LogP contribution in [-0.2, 0) is 64.5 Å². The molecular weight excluding hydrogens is 1030 g/mol. The summed E-state index contributed by atoms with van der Waals surface area (Å²) in [6.07, 6.45) is 6.52. The van der Waals surface area contributed by atoms with E-state index in [1.807, 2.05) is 0 Å². The number of aromatic nitrogens is 12. The number of nitrogens with zero attached hydrogens (tertiary/aromatic N) is 14. The summed E-state index contributed by atoms with van der Waals surface area (Å²) in [6, 6.07) is 1.27. The number of nitrogens with one attached hydrogen (secondary N) is 5. The van der Waals surface area contributed by atoms with Gasteiger partial charge in [-0.2, -0.15) is 9.97 Å². The normalized spacial score (nSPS) is 11.0. The first kappa shape index (κ1) is 57.1. The molecule has 78 heavy (non-hydrogen) atoms. The highest BCUT2D eigenvalue weighted by atomic mass is 16.2. The largest absolute Gasteiger partial charge is 0.383 e. The Bertz CT molecular complexity index is 3470. The Balaban J connectivity index is 1.09. The van der Waals surface area contributed by atoms with Crippen LogP contribution < -0.4 is 61.4 Å². The number of rotatable bonds is 27. The molecule has 6 heterocycles. The standard InChI is InChI=1S/C43H55N23O12/c1-25-14-64(43(78)58-39(25)75)19-30(71)59(12-13-67)9-4-48-28(69)16-61(31(72)18-63-7-2-26(45)55-42(63)77)10-5-50-29(70)17-62(33(74)20-65-23-53-34-36(46)51-22-52-37(34)65)11-6-49-27(68)15-60(8-3-44)32(73)21-66-24-54-35-38(66)56-41(47)57-40(35)76/h2,7,13-14,22-24H,3-6,8-12,15-21,44H2,1H3,(H,48,69)(H,49,68)(H,50,70)(H2,45,55,77)(H2,46,51,52)(H,58,75,78)(H3,47,56,57,76). The van der Waals surface area contributed by atoms with Crippen LogP contribution in [0, 0.1) is 6.92 Å². The first-order valence-electron chi connectivity index (χ1n) is 23.5. The minimum atomic E-state index is -0.870. The Kier molecular flexibility index (Phi) is 19.3. The monoisotopic (exact) mass is 1090 g/mol. The number of hydrogen-bond acceptors (Lipinski definition) is 22. The number of nitrogens with two attached hydrogens (primary N) is 4. The molecule has 35 heteroatoms. The van der Waals surface area contributed by atoms with E-state index in [-0.39, 0.29) is 104 Å². The molecule has 0 radical (unpaired) electrons. The molecule has 0 saturated carbocycles. The van der Waals surface area contributed by atoms with E-state index < -0.39 is 110 Å². The Labute approximate surface area is 438 Å². The van der Waals surface area contributed by atoms with E-state index in [0.717, 1.165) is 28.7 Å². The van der Waals surface area contributed by atoms with Crippen LogP contribution >= 0.6 is 0 Å². The van der Waals surface area contributed by atoms with Gasteiger partial charge in [0.15, 0.2) is 22.6 Å². The molecule has 13 N–H and O–H groups in total. The van der Waals surface area contributed by atoms with Gasteiger partial charge in [-0.1, -0.05) is 0 Å². The van der Waals surface area contributed by atoms with Gasteiger partial charge in [-0.15, -0.1) is 0 Å². The molecule has 35 nitrogen and oxygen atoms in total. The van der Waals surface area contributed by atoms with Gasteiger partial charge in [0.2, 0.25) is 47.3 Å². The van der Waals surface area contributed by atoms with E-state index in [2.05, 4.69) is 55.8 Å². The molecule has 0 spiro atoms. The van der Waals surface area contributed by atoms with Gasteiger partial charge < -0.3 is 72.4 Å². The third-order valence-electron chi connectivity index (χ3n) is 11.4. The van der Waals surface area contributed by atoms with Gasteiger partial charge >= 0.3 is 11.4 Å². The summed E-state index contributed by atoms with van der Waals surface area (Å²) in [4.78, 5) is 187. The third kappa shape index (κ3) is 15.2. The zero-order valence-electron chi connectivity index (χ0n) is 41.8. The van der Waals surface area contributed by atoms with Crippen molar-refractivity contribution in [2.24, 2.45) is 5.73 Å². The molecule has 0 atom stereocenters. The first-order valence-corrected chi connectivity index (χ1v) is 23.5. The summed E-state index contributed by atoms with van der Waals surface area (Å²) in [6.45, 7) is -4.28. The summed E-state index contributed by atoms with van der Waals surface area (Å²) < 4.78 is 4.53. The van der Waals surface area contributed by atoms with Crippen LogP contribution in [0.15, 0.2) is 56.6 Å². The SMILES string of the molecule is Cc1cn(CC(=O)N(CC=O)CCNC(=O)CN(CCNC(=O)CN(CCNC(=O)CN(CCN)C(=O)Cn2cnc3c(=O)[nH]c(N)nc32)C(=O)Cn2cnc3c(N)ncnc32)C(=O)Cn2ccc(N)nc2=O)c(=O)[nH]c1=O. The van der Waals surface area contributed by atoms with Crippen molar-refractivity contribution in [2.75, 3.05) is 95.7 Å². The van der Waals surface area contributed by atoms with Gasteiger partial charge in [0.25, 0.3) is 11.1 Å². The van der Waals surface area contributed by atoms with E-state index in [9.17, 15) is 57.5 Å². The molecule has 7 amide bonds. The topological polar surface area (TPSA) is 487 Å². The molecule has 6 rings (SSSR count). The van der Waals surface area contributed by atoms with Crippen molar-refractivity contribution >= 4 is 87.5 Å². The molecular formula is C43H55N23O12. The van der Waals surface area contributed by atoms with Crippen LogP contribution in [0.1, 0.15) is 5.56 Å². The van der Waals surface area contributed by atoms with Crippen molar-refractivity contribution in [2.45, 2.75) is 33.1 Å². The lowest BCUT2D eigenvalue weighted by Crippen LogP contribution is -2.49. The smallest absolute Gasteiger partial charge is 0.349 e. The first-order chi connectivity index (χ1) is 37.2. The maximum absolute atomic E-state index is 13.9. The van der Waals surface area contributed by atoms with Crippen molar-refractivity contribution < 1.29 is 38.4 Å². The summed E-state index contributed by atoms with van der Waals surface area (Å²) in [5, 5.41) is 7.76. The van der Waals surface area contributed by atoms with Gasteiger partial charge in [-0.25, -0.2) is 29.5 Å². The average molecular weight is 1090 g/mol. The van der Waals surface area contributed by atoms with Crippen molar-refractivity contribution in [1.82, 2.24) is 93.7 Å². The van der Waals surface area contributed by atoms with E-state index in [1.54, 1.807) is 0 Å². The Morgan fingerprint density at radius 3 is 1.69 bits per heavy atom. The number of aldehydes is 1. The molecule has 0 saturated heterocycles. The van der Waals surface area contributed by atoms with Crippen LogP contribution in [0.5, 0.6) is 0 Å². The molecule has 0 aromatic carbocycles. The van der Waals surface area contributed by atoms with Gasteiger partial charge in [0.05, 0.1) is 38.8 Å².